The minimum Gasteiger partial charge on any atom is -0.508 e. The molecule has 40 heavy (non-hydrogen) atoms. The molecule has 0 aliphatic rings. The molecular weight excluding hydrogens is 498 g/mol. The van der Waals surface area contributed by atoms with Crippen LogP contribution in [0.15, 0.2) is 97.1 Å². The molecule has 0 aliphatic heterocycles. The van der Waals surface area contributed by atoms with Gasteiger partial charge in [0.15, 0.2) is 0 Å². The second-order valence-electron chi connectivity index (χ2n) is 9.62. The van der Waals surface area contributed by atoms with E-state index in [0.717, 1.165) is 37.7 Å². The number of Topliss-reactive ketones (excluding diaryl/α,β-unsaturated/α-hetero) is 1. The van der Waals surface area contributed by atoms with Crippen LogP contribution < -0.4 is 5.32 Å². The lowest BCUT2D eigenvalue weighted by atomic mass is 10.1. The maximum Gasteiger partial charge on any atom is 0.224 e. The van der Waals surface area contributed by atoms with Crippen molar-refractivity contribution in [3.63, 3.8) is 0 Å². The first-order valence-corrected chi connectivity index (χ1v) is 14.4. The number of carbonyl (C=O) groups is 2. The Hall–Kier alpha value is -3.86. The fourth-order valence-corrected chi connectivity index (χ4v) is 3.61. The van der Waals surface area contributed by atoms with Gasteiger partial charge in [-0.2, -0.15) is 0 Å². The summed E-state index contributed by atoms with van der Waals surface area (Å²) >= 11 is 0. The third kappa shape index (κ3) is 20.1. The molecule has 0 fully saturated rings. The van der Waals surface area contributed by atoms with Gasteiger partial charge in [0.25, 0.3) is 0 Å². The standard InChI is InChI=1S/C26H37NO2.C9H10O2/c1-2-3-4-5-6-7-8-9-10-11-12-13-14-15-16-17-18-19-26(29)27-24-20-22-25(28)23-21-24;1-7(10)6-8-2-4-9(11)5-3-8/h6-7,9-10,12-13,15-16,20-23,28H,2-5,8,11,14,17-19H2,1H3,(H,27,29);2-5,11H,6H2,1H3/b7-6-,10-9-,13-12-,16-15-;. The molecule has 0 unspecified atom stereocenters. The van der Waals surface area contributed by atoms with Crippen LogP contribution in [0.5, 0.6) is 11.5 Å². The van der Waals surface area contributed by atoms with Crippen molar-refractivity contribution >= 4 is 17.4 Å². The van der Waals surface area contributed by atoms with E-state index in [2.05, 4.69) is 60.8 Å². The Balaban J connectivity index is 0.000000603. The number of allylic oxidation sites excluding steroid dienone is 8. The number of amides is 1. The summed E-state index contributed by atoms with van der Waals surface area (Å²) in [7, 11) is 0. The number of phenolic OH excluding ortho intramolecular Hbond substituents is 2. The first-order valence-electron chi connectivity index (χ1n) is 14.4. The van der Waals surface area contributed by atoms with Crippen LogP contribution in [0.3, 0.4) is 0 Å². The quantitative estimate of drug-likeness (QED) is 0.105. The van der Waals surface area contributed by atoms with Gasteiger partial charge in [0.1, 0.15) is 17.3 Å². The Morgan fingerprint density at radius 2 is 1.15 bits per heavy atom. The minimum atomic E-state index is 0.00609. The van der Waals surface area contributed by atoms with Crippen molar-refractivity contribution in [2.45, 2.75) is 84.5 Å². The lowest BCUT2D eigenvalue weighted by Crippen LogP contribution is -2.10. The number of carbonyl (C=O) groups excluding carboxylic acids is 2. The van der Waals surface area contributed by atoms with E-state index in [4.69, 9.17) is 5.11 Å². The average molecular weight is 546 g/mol. The molecule has 0 radical (unpaired) electrons. The maximum absolute atomic E-state index is 11.8. The SMILES string of the molecule is CC(=O)Cc1ccc(O)cc1.CCCCC/C=C\C/C=C\C/C=C\C/C=C\CCCC(=O)Nc1ccc(O)cc1. The first kappa shape index (κ1) is 34.2. The minimum absolute atomic E-state index is 0.00609. The number of benzene rings is 2. The number of hydrogen-bond acceptors (Lipinski definition) is 4. The molecule has 0 atom stereocenters. The third-order valence-electron chi connectivity index (χ3n) is 5.77. The van der Waals surface area contributed by atoms with Crippen molar-refractivity contribution in [1.29, 1.82) is 0 Å². The molecule has 0 heterocycles. The molecule has 0 spiro atoms. The summed E-state index contributed by atoms with van der Waals surface area (Å²) < 4.78 is 0. The van der Waals surface area contributed by atoms with E-state index < -0.39 is 0 Å². The van der Waals surface area contributed by atoms with E-state index in [-0.39, 0.29) is 23.2 Å². The molecule has 0 aliphatic carbocycles. The van der Waals surface area contributed by atoms with Gasteiger partial charge in [0, 0.05) is 18.5 Å². The summed E-state index contributed by atoms with van der Waals surface area (Å²) in [6.07, 6.45) is 28.4. The summed E-state index contributed by atoms with van der Waals surface area (Å²) in [4.78, 5) is 22.5. The third-order valence-corrected chi connectivity index (χ3v) is 5.77. The molecular formula is C35H47NO4. The van der Waals surface area contributed by atoms with Gasteiger partial charge in [-0.1, -0.05) is 80.5 Å². The van der Waals surface area contributed by atoms with Crippen molar-refractivity contribution in [3.05, 3.63) is 103 Å². The van der Waals surface area contributed by atoms with Gasteiger partial charge in [0.05, 0.1) is 0 Å². The summed E-state index contributed by atoms with van der Waals surface area (Å²) in [5.74, 6) is 0.572. The number of phenols is 2. The van der Waals surface area contributed by atoms with Crippen molar-refractivity contribution in [3.8, 4) is 11.5 Å². The molecule has 2 aromatic carbocycles. The number of rotatable bonds is 17. The van der Waals surface area contributed by atoms with E-state index in [0.29, 0.717) is 18.5 Å². The lowest BCUT2D eigenvalue weighted by Gasteiger charge is -2.04. The van der Waals surface area contributed by atoms with Gasteiger partial charge in [-0.25, -0.2) is 0 Å². The number of anilines is 1. The molecule has 0 saturated carbocycles. The van der Waals surface area contributed by atoms with Gasteiger partial charge >= 0.3 is 0 Å². The van der Waals surface area contributed by atoms with Crippen LogP contribution in [0.2, 0.25) is 0 Å². The molecule has 216 valence electrons. The number of ketones is 1. The lowest BCUT2D eigenvalue weighted by molar-refractivity contribution is -0.117. The monoisotopic (exact) mass is 545 g/mol. The highest BCUT2D eigenvalue weighted by atomic mass is 16.3. The van der Waals surface area contributed by atoms with Crippen LogP contribution in [0.1, 0.15) is 83.6 Å². The molecule has 1 amide bonds. The van der Waals surface area contributed by atoms with E-state index in [1.807, 2.05) is 0 Å². The van der Waals surface area contributed by atoms with Crippen LogP contribution in [-0.4, -0.2) is 21.9 Å². The van der Waals surface area contributed by atoms with Gasteiger partial charge in [-0.05, 0) is 93.8 Å². The van der Waals surface area contributed by atoms with Gasteiger partial charge < -0.3 is 15.5 Å². The summed E-state index contributed by atoms with van der Waals surface area (Å²) in [6, 6.07) is 13.2. The van der Waals surface area contributed by atoms with Crippen LogP contribution in [0.4, 0.5) is 5.69 Å². The average Bonchev–Trinajstić information content (AvgIpc) is 2.93. The molecule has 2 rings (SSSR count). The second-order valence-corrected chi connectivity index (χ2v) is 9.62. The highest BCUT2D eigenvalue weighted by Crippen LogP contribution is 2.14. The molecule has 5 heteroatoms. The van der Waals surface area contributed by atoms with E-state index >= 15 is 0 Å². The summed E-state index contributed by atoms with van der Waals surface area (Å²) in [6.45, 7) is 3.78. The Morgan fingerprint density at radius 1 is 0.675 bits per heavy atom. The fourth-order valence-electron chi connectivity index (χ4n) is 3.61. The zero-order valence-electron chi connectivity index (χ0n) is 24.2. The number of unbranched alkanes of at least 4 members (excludes halogenated alkanes) is 4. The van der Waals surface area contributed by atoms with Crippen LogP contribution >= 0.6 is 0 Å². The molecule has 0 bridgehead atoms. The zero-order chi connectivity index (χ0) is 29.3. The van der Waals surface area contributed by atoms with E-state index in [1.54, 1.807) is 55.5 Å². The molecule has 5 nitrogen and oxygen atoms in total. The number of hydrogen-bond donors (Lipinski definition) is 3. The smallest absolute Gasteiger partial charge is 0.224 e. The largest absolute Gasteiger partial charge is 0.508 e. The van der Waals surface area contributed by atoms with E-state index in [1.165, 1.54) is 25.7 Å². The number of nitrogens with one attached hydrogen (secondary N) is 1. The molecule has 0 saturated heterocycles. The molecule has 0 aromatic heterocycles. The highest BCUT2D eigenvalue weighted by Gasteiger charge is 2.01. The first-order chi connectivity index (χ1) is 19.4. The van der Waals surface area contributed by atoms with Crippen LogP contribution in [-0.2, 0) is 16.0 Å². The fraction of sp³-hybridized carbons (Fsp3) is 0.371. The molecule has 3 N–H and O–H groups in total. The van der Waals surface area contributed by atoms with Gasteiger partial charge in [-0.3, -0.25) is 9.59 Å². The van der Waals surface area contributed by atoms with Crippen LogP contribution in [0.25, 0.3) is 0 Å². The Morgan fingerprint density at radius 3 is 1.65 bits per heavy atom. The Labute approximate surface area is 241 Å². The van der Waals surface area contributed by atoms with Gasteiger partial charge in [0.2, 0.25) is 5.91 Å². The molecule has 2 aromatic rings. The van der Waals surface area contributed by atoms with Crippen molar-refractivity contribution < 1.29 is 19.8 Å². The zero-order valence-corrected chi connectivity index (χ0v) is 24.2. The summed E-state index contributed by atoms with van der Waals surface area (Å²) in [5, 5.41) is 21.0. The highest BCUT2D eigenvalue weighted by molar-refractivity contribution is 5.90. The van der Waals surface area contributed by atoms with Crippen LogP contribution in [0, 0.1) is 0 Å². The predicted octanol–water partition coefficient (Wildman–Crippen LogP) is 9.00. The topological polar surface area (TPSA) is 86.6 Å². The van der Waals surface area contributed by atoms with E-state index in [9.17, 15) is 14.7 Å². The predicted molar refractivity (Wildman–Crippen MR) is 168 cm³/mol. The normalized spacial score (nSPS) is 11.3. The maximum atomic E-state index is 11.8. The summed E-state index contributed by atoms with van der Waals surface area (Å²) in [5.41, 5.74) is 1.65. The van der Waals surface area contributed by atoms with Gasteiger partial charge in [-0.15, -0.1) is 0 Å². The number of aromatic hydroxyl groups is 2. The Kier molecular flexibility index (Phi) is 19.7. The van der Waals surface area contributed by atoms with Crippen molar-refractivity contribution in [2.24, 2.45) is 0 Å². The Bertz CT molecular complexity index is 1060. The van der Waals surface area contributed by atoms with Crippen molar-refractivity contribution in [1.82, 2.24) is 0 Å². The second kappa shape index (κ2) is 23.1. The van der Waals surface area contributed by atoms with Crippen molar-refractivity contribution in [2.75, 3.05) is 5.32 Å².